The van der Waals surface area contributed by atoms with Crippen LogP contribution in [0.25, 0.3) is 0 Å². The first-order chi connectivity index (χ1) is 11.4. The minimum Gasteiger partial charge on any atom is -0.479 e. The lowest BCUT2D eigenvalue weighted by Gasteiger charge is -2.18. The van der Waals surface area contributed by atoms with Crippen LogP contribution < -0.4 is 10.1 Å². The summed E-state index contributed by atoms with van der Waals surface area (Å²) in [6, 6.07) is 14.4. The van der Waals surface area contributed by atoms with Crippen LogP contribution in [0.2, 0.25) is 5.02 Å². The SMILES string of the molecule is CC(C)c1ccccc1NC(=O)[C@@H](C)Oc1ccc(C#N)cc1Cl. The number of para-hydroxylation sites is 1. The zero-order valence-electron chi connectivity index (χ0n) is 13.8. The lowest BCUT2D eigenvalue weighted by Crippen LogP contribution is -2.30. The number of nitrogens with one attached hydrogen (secondary N) is 1. The van der Waals surface area contributed by atoms with Gasteiger partial charge in [0, 0.05) is 5.69 Å². The van der Waals surface area contributed by atoms with E-state index in [9.17, 15) is 4.79 Å². The van der Waals surface area contributed by atoms with Crippen LogP contribution in [0, 0.1) is 11.3 Å². The average Bonchev–Trinajstić information content (AvgIpc) is 2.56. The average molecular weight is 343 g/mol. The quantitative estimate of drug-likeness (QED) is 0.853. The van der Waals surface area contributed by atoms with Crippen molar-refractivity contribution in [3.05, 3.63) is 58.6 Å². The second kappa shape index (κ2) is 7.85. The normalized spacial score (nSPS) is 11.7. The molecule has 5 heteroatoms. The Balaban J connectivity index is 2.10. The minimum absolute atomic E-state index is 0.261. The molecule has 0 fully saturated rings. The molecule has 2 aromatic rings. The summed E-state index contributed by atoms with van der Waals surface area (Å²) < 4.78 is 5.63. The van der Waals surface area contributed by atoms with Gasteiger partial charge in [-0.2, -0.15) is 5.26 Å². The van der Waals surface area contributed by atoms with Gasteiger partial charge < -0.3 is 10.1 Å². The van der Waals surface area contributed by atoms with Gasteiger partial charge in [-0.15, -0.1) is 0 Å². The largest absolute Gasteiger partial charge is 0.479 e. The summed E-state index contributed by atoms with van der Waals surface area (Å²) in [7, 11) is 0. The molecule has 0 spiro atoms. The molecule has 0 radical (unpaired) electrons. The van der Waals surface area contributed by atoms with Crippen molar-refractivity contribution in [2.45, 2.75) is 32.8 Å². The molecule has 2 rings (SSSR count). The van der Waals surface area contributed by atoms with Gasteiger partial charge in [0.15, 0.2) is 6.10 Å². The number of hydrogen-bond donors (Lipinski definition) is 1. The molecule has 1 N–H and O–H groups in total. The standard InChI is InChI=1S/C19H19ClN2O2/c1-12(2)15-6-4-5-7-17(15)22-19(23)13(3)24-18-9-8-14(11-21)10-16(18)20/h4-10,12-13H,1-3H3,(H,22,23)/t13-/m1/s1. The topological polar surface area (TPSA) is 62.1 Å². The number of anilines is 1. The molecule has 0 unspecified atom stereocenters. The molecule has 1 atom stereocenters. The maximum absolute atomic E-state index is 12.4. The van der Waals surface area contributed by atoms with E-state index in [1.807, 2.05) is 30.3 Å². The molecular weight excluding hydrogens is 324 g/mol. The van der Waals surface area contributed by atoms with Gasteiger partial charge in [0.2, 0.25) is 0 Å². The molecule has 0 saturated heterocycles. The van der Waals surface area contributed by atoms with Crippen LogP contribution in [-0.2, 0) is 4.79 Å². The predicted octanol–water partition coefficient (Wildman–Crippen LogP) is 4.74. The molecule has 0 aliphatic rings. The summed E-state index contributed by atoms with van der Waals surface area (Å²) in [6.45, 7) is 5.80. The number of hydrogen-bond acceptors (Lipinski definition) is 3. The first-order valence-corrected chi connectivity index (χ1v) is 8.06. The van der Waals surface area contributed by atoms with E-state index in [1.54, 1.807) is 19.1 Å². The van der Waals surface area contributed by atoms with Crippen LogP contribution in [0.4, 0.5) is 5.69 Å². The molecule has 0 aliphatic carbocycles. The Morgan fingerprint density at radius 3 is 2.54 bits per heavy atom. The van der Waals surface area contributed by atoms with Gasteiger partial charge >= 0.3 is 0 Å². The molecular formula is C19H19ClN2O2. The van der Waals surface area contributed by atoms with E-state index >= 15 is 0 Å². The van der Waals surface area contributed by atoms with E-state index in [0.29, 0.717) is 22.3 Å². The zero-order chi connectivity index (χ0) is 17.7. The van der Waals surface area contributed by atoms with Crippen molar-refractivity contribution in [1.29, 1.82) is 5.26 Å². The van der Waals surface area contributed by atoms with Crippen molar-refractivity contribution >= 4 is 23.2 Å². The lowest BCUT2D eigenvalue weighted by atomic mass is 10.0. The fourth-order valence-corrected chi connectivity index (χ4v) is 2.48. The molecule has 1 amide bonds. The van der Waals surface area contributed by atoms with Crippen molar-refractivity contribution in [2.75, 3.05) is 5.32 Å². The Hall–Kier alpha value is -2.51. The van der Waals surface area contributed by atoms with Crippen LogP contribution in [0.15, 0.2) is 42.5 Å². The van der Waals surface area contributed by atoms with Gasteiger partial charge in [0.25, 0.3) is 5.91 Å². The van der Waals surface area contributed by atoms with Crippen LogP contribution in [-0.4, -0.2) is 12.0 Å². The number of carbonyl (C=O) groups is 1. The summed E-state index contributed by atoms with van der Waals surface area (Å²) in [5.41, 5.74) is 2.28. The maximum atomic E-state index is 12.4. The first-order valence-electron chi connectivity index (χ1n) is 7.68. The molecule has 0 bridgehead atoms. The van der Waals surface area contributed by atoms with Gasteiger partial charge in [-0.3, -0.25) is 4.79 Å². The van der Waals surface area contributed by atoms with E-state index in [1.165, 1.54) is 6.07 Å². The van der Waals surface area contributed by atoms with Crippen molar-refractivity contribution in [1.82, 2.24) is 0 Å². The molecule has 0 heterocycles. The van der Waals surface area contributed by atoms with Crippen molar-refractivity contribution in [3.8, 4) is 11.8 Å². The highest BCUT2D eigenvalue weighted by Crippen LogP contribution is 2.27. The Morgan fingerprint density at radius 2 is 1.92 bits per heavy atom. The summed E-state index contributed by atoms with van der Waals surface area (Å²) in [6.07, 6.45) is -0.726. The van der Waals surface area contributed by atoms with Gasteiger partial charge in [0.1, 0.15) is 5.75 Å². The highest BCUT2D eigenvalue weighted by Gasteiger charge is 2.18. The highest BCUT2D eigenvalue weighted by atomic mass is 35.5. The number of ether oxygens (including phenoxy) is 1. The van der Waals surface area contributed by atoms with E-state index in [4.69, 9.17) is 21.6 Å². The number of rotatable bonds is 5. The fraction of sp³-hybridized carbons (Fsp3) is 0.263. The van der Waals surface area contributed by atoms with Crippen LogP contribution in [0.3, 0.4) is 0 Å². The van der Waals surface area contributed by atoms with Crippen molar-refractivity contribution in [3.63, 3.8) is 0 Å². The predicted molar refractivity (Wildman–Crippen MR) is 95.4 cm³/mol. The second-order valence-corrected chi connectivity index (χ2v) is 6.16. The molecule has 124 valence electrons. The van der Waals surface area contributed by atoms with Gasteiger partial charge in [0.05, 0.1) is 16.7 Å². The van der Waals surface area contributed by atoms with Gasteiger partial charge in [-0.05, 0) is 42.7 Å². The van der Waals surface area contributed by atoms with E-state index < -0.39 is 6.10 Å². The van der Waals surface area contributed by atoms with Crippen molar-refractivity contribution in [2.24, 2.45) is 0 Å². The van der Waals surface area contributed by atoms with Crippen molar-refractivity contribution < 1.29 is 9.53 Å². The summed E-state index contributed by atoms with van der Waals surface area (Å²) >= 11 is 6.08. The number of nitrogens with zero attached hydrogens (tertiary/aromatic N) is 1. The first kappa shape index (κ1) is 17.8. The Kier molecular flexibility index (Phi) is 5.83. The molecule has 0 aliphatic heterocycles. The molecule has 24 heavy (non-hydrogen) atoms. The van der Waals surface area contributed by atoms with Crippen LogP contribution in [0.5, 0.6) is 5.75 Å². The zero-order valence-corrected chi connectivity index (χ0v) is 14.6. The summed E-state index contributed by atoms with van der Waals surface area (Å²) in [5, 5.41) is 12.0. The number of benzene rings is 2. The molecule has 0 saturated carbocycles. The fourth-order valence-electron chi connectivity index (χ4n) is 2.26. The third-order valence-electron chi connectivity index (χ3n) is 3.57. The van der Waals surface area contributed by atoms with Crippen LogP contribution in [0.1, 0.15) is 37.8 Å². The second-order valence-electron chi connectivity index (χ2n) is 5.75. The number of nitriles is 1. The minimum atomic E-state index is -0.726. The summed E-state index contributed by atoms with van der Waals surface area (Å²) in [4.78, 5) is 12.4. The number of amides is 1. The van der Waals surface area contributed by atoms with E-state index in [0.717, 1.165) is 11.3 Å². The number of halogens is 1. The van der Waals surface area contributed by atoms with E-state index in [-0.39, 0.29) is 5.91 Å². The molecule has 4 nitrogen and oxygen atoms in total. The lowest BCUT2D eigenvalue weighted by molar-refractivity contribution is -0.122. The monoisotopic (exact) mass is 342 g/mol. The summed E-state index contributed by atoms with van der Waals surface area (Å²) in [5.74, 6) is 0.407. The third-order valence-corrected chi connectivity index (χ3v) is 3.87. The maximum Gasteiger partial charge on any atom is 0.265 e. The van der Waals surface area contributed by atoms with Gasteiger partial charge in [-0.25, -0.2) is 0 Å². The number of carbonyl (C=O) groups excluding carboxylic acids is 1. The molecule has 2 aromatic carbocycles. The Morgan fingerprint density at radius 1 is 1.21 bits per heavy atom. The van der Waals surface area contributed by atoms with Crippen LogP contribution >= 0.6 is 11.6 Å². The third kappa shape index (κ3) is 4.27. The smallest absolute Gasteiger partial charge is 0.265 e. The van der Waals surface area contributed by atoms with E-state index in [2.05, 4.69) is 19.2 Å². The Bertz CT molecular complexity index is 781. The highest BCUT2D eigenvalue weighted by molar-refractivity contribution is 6.32. The van der Waals surface area contributed by atoms with Gasteiger partial charge in [-0.1, -0.05) is 43.6 Å². The Labute approximate surface area is 147 Å². The molecule has 0 aromatic heterocycles.